The van der Waals surface area contributed by atoms with Gasteiger partial charge in [0.15, 0.2) is 15.1 Å². The number of carbonyl (C=O) groups is 1. The van der Waals surface area contributed by atoms with Gasteiger partial charge in [0.05, 0.1) is 10.2 Å². The lowest BCUT2D eigenvalue weighted by molar-refractivity contribution is -0.148. The first-order valence-electron chi connectivity index (χ1n) is 6.68. The molecule has 7 heteroatoms. The van der Waals surface area contributed by atoms with Crippen LogP contribution in [0.3, 0.4) is 0 Å². The molecule has 0 radical (unpaired) electrons. The zero-order valence-electron chi connectivity index (χ0n) is 11.5. The van der Waals surface area contributed by atoms with Crippen molar-refractivity contribution in [2.75, 3.05) is 5.75 Å². The van der Waals surface area contributed by atoms with Gasteiger partial charge in [-0.2, -0.15) is 0 Å². The molecule has 1 saturated heterocycles. The Hall–Kier alpha value is -0.950. The summed E-state index contributed by atoms with van der Waals surface area (Å²) in [6, 6.07) is 4.41. The maximum Gasteiger partial charge on any atom is 0.324 e. The van der Waals surface area contributed by atoms with Gasteiger partial charge in [-0.3, -0.25) is 4.79 Å². The molecule has 1 aliphatic rings. The Morgan fingerprint density at radius 2 is 2.14 bits per heavy atom. The van der Waals surface area contributed by atoms with Crippen LogP contribution in [0.2, 0.25) is 0 Å². The fourth-order valence-corrected chi connectivity index (χ4v) is 4.31. The van der Waals surface area contributed by atoms with Crippen molar-refractivity contribution in [3.63, 3.8) is 0 Å². The molecule has 0 spiro atoms. The van der Waals surface area contributed by atoms with Crippen LogP contribution in [0.4, 0.5) is 4.39 Å². The fourth-order valence-electron chi connectivity index (χ4n) is 2.30. The molecule has 21 heavy (non-hydrogen) atoms. The van der Waals surface area contributed by atoms with Crippen LogP contribution in [0.1, 0.15) is 37.9 Å². The average Bonchev–Trinajstić information content (AvgIpc) is 2.41. The molecule has 1 aliphatic heterocycles. The molecular weight excluding hydrogens is 363 g/mol. The van der Waals surface area contributed by atoms with Gasteiger partial charge in [0.2, 0.25) is 0 Å². The van der Waals surface area contributed by atoms with E-state index in [-0.39, 0.29) is 5.75 Å². The molecule has 2 atom stereocenters. The summed E-state index contributed by atoms with van der Waals surface area (Å²) in [6.07, 6.45) is 0.875. The largest absolute Gasteiger partial charge is 0.457 e. The molecule has 1 aromatic carbocycles. The minimum Gasteiger partial charge on any atom is -0.457 e. The van der Waals surface area contributed by atoms with Crippen molar-refractivity contribution in [1.29, 1.82) is 0 Å². The van der Waals surface area contributed by atoms with Gasteiger partial charge in [0.1, 0.15) is 11.9 Å². The number of benzene rings is 1. The quantitative estimate of drug-likeness (QED) is 0.757. The smallest absolute Gasteiger partial charge is 0.324 e. The predicted octanol–water partition coefficient (Wildman–Crippen LogP) is 3.16. The number of sulfone groups is 1. The molecule has 1 heterocycles. The number of hydrogen-bond donors (Lipinski definition) is 0. The molecule has 4 nitrogen and oxygen atoms in total. The third-order valence-corrected chi connectivity index (χ3v) is 6.34. The number of ether oxygens (including phenoxy) is 1. The van der Waals surface area contributed by atoms with Crippen molar-refractivity contribution >= 4 is 31.7 Å². The molecule has 2 unspecified atom stereocenters. The lowest BCUT2D eigenvalue weighted by Gasteiger charge is -2.23. The minimum absolute atomic E-state index is 0.0219. The molecule has 0 bridgehead atoms. The highest BCUT2D eigenvalue weighted by Crippen LogP contribution is 2.26. The molecule has 0 aromatic heterocycles. The molecule has 116 valence electrons. The fraction of sp³-hybridized carbons (Fsp3) is 0.500. The Kier molecular flexibility index (Phi) is 5.03. The number of hydrogen-bond acceptors (Lipinski definition) is 4. The van der Waals surface area contributed by atoms with Crippen molar-refractivity contribution in [2.24, 2.45) is 0 Å². The van der Waals surface area contributed by atoms with E-state index in [9.17, 15) is 17.6 Å². The van der Waals surface area contributed by atoms with Crippen LogP contribution in [0.25, 0.3) is 0 Å². The first kappa shape index (κ1) is 16.4. The van der Waals surface area contributed by atoms with Gasteiger partial charge in [0.25, 0.3) is 0 Å². The van der Waals surface area contributed by atoms with Gasteiger partial charge in [-0.25, -0.2) is 12.8 Å². The Morgan fingerprint density at radius 3 is 2.76 bits per heavy atom. The second-order valence-electron chi connectivity index (χ2n) is 5.10. The van der Waals surface area contributed by atoms with E-state index >= 15 is 0 Å². The maximum absolute atomic E-state index is 13.5. The van der Waals surface area contributed by atoms with E-state index in [1.807, 2.05) is 0 Å². The summed E-state index contributed by atoms with van der Waals surface area (Å²) in [5, 5.41) is -1.09. The van der Waals surface area contributed by atoms with Crippen LogP contribution in [0.15, 0.2) is 22.7 Å². The zero-order chi connectivity index (χ0) is 15.6. The van der Waals surface area contributed by atoms with Crippen LogP contribution < -0.4 is 0 Å². The molecule has 0 aliphatic carbocycles. The first-order valence-corrected chi connectivity index (χ1v) is 9.19. The summed E-state index contributed by atoms with van der Waals surface area (Å²) in [5.41, 5.74) is 0.484. The summed E-state index contributed by atoms with van der Waals surface area (Å²) in [5.74, 6) is -1.18. The van der Waals surface area contributed by atoms with Gasteiger partial charge in [-0.05, 0) is 53.4 Å². The second-order valence-corrected chi connectivity index (χ2v) is 8.26. The van der Waals surface area contributed by atoms with Gasteiger partial charge in [-0.15, -0.1) is 0 Å². The van der Waals surface area contributed by atoms with Crippen LogP contribution >= 0.6 is 15.9 Å². The lowest BCUT2D eigenvalue weighted by Crippen LogP contribution is -2.37. The van der Waals surface area contributed by atoms with E-state index in [2.05, 4.69) is 15.9 Å². The maximum atomic E-state index is 13.5. The van der Waals surface area contributed by atoms with E-state index in [0.29, 0.717) is 29.3 Å². The SMILES string of the molecule is CC(OC(=O)C1CCCCS1(=O)=O)c1ccc(Br)c(F)c1. The number of esters is 1. The minimum atomic E-state index is -3.42. The summed E-state index contributed by atoms with van der Waals surface area (Å²) < 4.78 is 42.7. The lowest BCUT2D eigenvalue weighted by atomic mass is 10.1. The Morgan fingerprint density at radius 1 is 1.43 bits per heavy atom. The topological polar surface area (TPSA) is 60.4 Å². The van der Waals surface area contributed by atoms with E-state index in [0.717, 1.165) is 0 Å². The summed E-state index contributed by atoms with van der Waals surface area (Å²) >= 11 is 3.04. The Labute approximate surface area is 131 Å². The first-order chi connectivity index (χ1) is 9.81. The van der Waals surface area contributed by atoms with Gasteiger partial charge < -0.3 is 4.74 Å². The molecule has 2 rings (SSSR count). The zero-order valence-corrected chi connectivity index (χ0v) is 13.9. The van der Waals surface area contributed by atoms with Crippen LogP contribution in [-0.4, -0.2) is 25.4 Å². The molecule has 0 N–H and O–H groups in total. The predicted molar refractivity (Wildman–Crippen MR) is 80.0 cm³/mol. The number of halogens is 2. The summed E-state index contributed by atoms with van der Waals surface area (Å²) in [4.78, 5) is 12.0. The highest BCUT2D eigenvalue weighted by molar-refractivity contribution is 9.10. The van der Waals surface area contributed by atoms with E-state index in [1.165, 1.54) is 12.1 Å². The summed E-state index contributed by atoms with van der Waals surface area (Å²) in [7, 11) is -3.42. The standard InChI is InChI=1S/C14H16BrFO4S/c1-9(10-5-6-11(15)12(16)8-10)20-14(17)13-4-2-3-7-21(13,18)19/h5-6,8-9,13H,2-4,7H2,1H3. The second kappa shape index (κ2) is 6.44. The molecule has 1 aromatic rings. The Balaban J connectivity index is 2.09. The summed E-state index contributed by atoms with van der Waals surface area (Å²) in [6.45, 7) is 1.59. The molecule has 0 saturated carbocycles. The third-order valence-electron chi connectivity index (χ3n) is 3.55. The van der Waals surface area contributed by atoms with Gasteiger partial charge in [0, 0.05) is 0 Å². The molecular formula is C14H16BrFO4S. The molecule has 0 amide bonds. The Bertz CT molecular complexity index is 644. The van der Waals surface area contributed by atoms with Crippen LogP contribution in [-0.2, 0) is 19.4 Å². The van der Waals surface area contributed by atoms with Crippen molar-refractivity contribution in [3.8, 4) is 0 Å². The van der Waals surface area contributed by atoms with Gasteiger partial charge >= 0.3 is 5.97 Å². The normalized spacial score (nSPS) is 22.5. The third kappa shape index (κ3) is 3.83. The van der Waals surface area contributed by atoms with E-state index in [1.54, 1.807) is 13.0 Å². The van der Waals surface area contributed by atoms with Crippen LogP contribution in [0.5, 0.6) is 0 Å². The number of carbonyl (C=O) groups excluding carboxylic acids is 1. The van der Waals surface area contributed by atoms with Crippen molar-refractivity contribution < 1.29 is 22.3 Å². The average molecular weight is 379 g/mol. The van der Waals surface area contributed by atoms with E-state index in [4.69, 9.17) is 4.74 Å². The monoisotopic (exact) mass is 378 g/mol. The van der Waals surface area contributed by atoms with Crippen molar-refractivity contribution in [2.45, 2.75) is 37.5 Å². The molecule has 1 fully saturated rings. The number of rotatable bonds is 3. The van der Waals surface area contributed by atoms with Crippen molar-refractivity contribution in [3.05, 3.63) is 34.1 Å². The van der Waals surface area contributed by atoms with Crippen LogP contribution in [0, 0.1) is 5.82 Å². The van der Waals surface area contributed by atoms with Crippen molar-refractivity contribution in [1.82, 2.24) is 0 Å². The van der Waals surface area contributed by atoms with E-state index < -0.39 is 33.0 Å². The van der Waals surface area contributed by atoms with Gasteiger partial charge in [-0.1, -0.05) is 12.5 Å². The highest BCUT2D eigenvalue weighted by atomic mass is 79.9. The highest BCUT2D eigenvalue weighted by Gasteiger charge is 2.36.